The second kappa shape index (κ2) is 11.9. The first kappa shape index (κ1) is 22.5. The summed E-state index contributed by atoms with van der Waals surface area (Å²) in [6, 6.07) is 6.38. The van der Waals surface area contributed by atoms with Gasteiger partial charge in [0, 0.05) is 25.8 Å². The number of ether oxygens (including phenoxy) is 2. The van der Waals surface area contributed by atoms with E-state index in [1.165, 1.54) is 24.9 Å². The van der Waals surface area contributed by atoms with Crippen LogP contribution in [0, 0.1) is 5.92 Å². The fourth-order valence-electron chi connectivity index (χ4n) is 3.10. The molecule has 0 saturated carbocycles. The Bertz CT molecular complexity index is 441. The number of piperidine rings is 1. The van der Waals surface area contributed by atoms with Crippen LogP contribution in [0.2, 0.25) is 0 Å². The first-order valence-corrected chi connectivity index (χ1v) is 7.77. The lowest BCUT2D eigenvalue weighted by Crippen LogP contribution is -2.36. The van der Waals surface area contributed by atoms with Crippen LogP contribution in [0.15, 0.2) is 18.2 Å². The van der Waals surface area contributed by atoms with E-state index in [9.17, 15) is 0 Å². The van der Waals surface area contributed by atoms with Crippen molar-refractivity contribution in [3.63, 3.8) is 0 Å². The summed E-state index contributed by atoms with van der Waals surface area (Å²) in [7, 11) is 5.62. The second-order valence-corrected chi connectivity index (χ2v) is 5.99. The lowest BCUT2D eigenvalue weighted by atomic mass is 9.99. The molecule has 1 unspecified atom stereocenters. The Morgan fingerprint density at radius 3 is 2.65 bits per heavy atom. The standard InChI is InChI=1S/C17H28N2O2.2ClH/c1-19(12-15-5-4-8-18-10-15)11-14-6-7-17(21-3)16(9-14)13-20-2;;/h6-7,9,15,18H,4-5,8,10-13H2,1-3H3;2*1H. The minimum absolute atomic E-state index is 0. The van der Waals surface area contributed by atoms with E-state index < -0.39 is 0 Å². The number of hydrogen-bond donors (Lipinski definition) is 1. The molecule has 1 saturated heterocycles. The molecule has 0 spiro atoms. The van der Waals surface area contributed by atoms with Crippen LogP contribution >= 0.6 is 24.8 Å². The van der Waals surface area contributed by atoms with Crippen molar-refractivity contribution in [1.82, 2.24) is 10.2 Å². The molecule has 2 rings (SSSR count). The summed E-state index contributed by atoms with van der Waals surface area (Å²) in [6.45, 7) is 5.05. The van der Waals surface area contributed by atoms with Gasteiger partial charge in [-0.1, -0.05) is 6.07 Å². The predicted molar refractivity (Wildman–Crippen MR) is 100 cm³/mol. The van der Waals surface area contributed by atoms with Crippen LogP contribution in [0.3, 0.4) is 0 Å². The highest BCUT2D eigenvalue weighted by atomic mass is 35.5. The normalized spacial score (nSPS) is 17.3. The van der Waals surface area contributed by atoms with E-state index in [2.05, 4.69) is 29.4 Å². The Morgan fingerprint density at radius 2 is 2.04 bits per heavy atom. The monoisotopic (exact) mass is 364 g/mol. The van der Waals surface area contributed by atoms with Crippen LogP contribution < -0.4 is 10.1 Å². The van der Waals surface area contributed by atoms with E-state index >= 15 is 0 Å². The van der Waals surface area contributed by atoms with Crippen LogP contribution in [0.25, 0.3) is 0 Å². The highest BCUT2D eigenvalue weighted by Crippen LogP contribution is 2.22. The molecule has 0 aromatic heterocycles. The van der Waals surface area contributed by atoms with Gasteiger partial charge in [-0.15, -0.1) is 24.8 Å². The van der Waals surface area contributed by atoms with Crippen molar-refractivity contribution in [2.75, 3.05) is 40.9 Å². The van der Waals surface area contributed by atoms with Crippen molar-refractivity contribution < 1.29 is 9.47 Å². The maximum atomic E-state index is 5.38. The smallest absolute Gasteiger partial charge is 0.124 e. The highest BCUT2D eigenvalue weighted by molar-refractivity contribution is 5.85. The van der Waals surface area contributed by atoms with Gasteiger partial charge in [-0.05, 0) is 56.6 Å². The summed E-state index contributed by atoms with van der Waals surface area (Å²) >= 11 is 0. The minimum Gasteiger partial charge on any atom is -0.496 e. The Kier molecular flexibility index (Phi) is 11.7. The van der Waals surface area contributed by atoms with Crippen LogP contribution in [0.4, 0.5) is 0 Å². The van der Waals surface area contributed by atoms with Crippen LogP contribution in [-0.2, 0) is 17.9 Å². The summed E-state index contributed by atoms with van der Waals surface area (Å²) in [5, 5.41) is 3.49. The van der Waals surface area contributed by atoms with Gasteiger partial charge < -0.3 is 19.7 Å². The molecule has 4 nitrogen and oxygen atoms in total. The number of methoxy groups -OCH3 is 2. The summed E-state index contributed by atoms with van der Waals surface area (Å²) in [4.78, 5) is 2.41. The molecule has 1 fully saturated rings. The van der Waals surface area contributed by atoms with E-state index in [-0.39, 0.29) is 24.8 Å². The Hall–Kier alpha value is -0.520. The van der Waals surface area contributed by atoms with Gasteiger partial charge in [0.15, 0.2) is 0 Å². The van der Waals surface area contributed by atoms with Gasteiger partial charge in [0.25, 0.3) is 0 Å². The van der Waals surface area contributed by atoms with E-state index in [4.69, 9.17) is 9.47 Å². The molecule has 1 aliphatic rings. The average Bonchev–Trinajstić information content (AvgIpc) is 2.49. The van der Waals surface area contributed by atoms with Crippen LogP contribution in [-0.4, -0.2) is 45.8 Å². The lowest BCUT2D eigenvalue weighted by Gasteiger charge is -2.27. The number of halogens is 2. The number of hydrogen-bond acceptors (Lipinski definition) is 4. The number of nitrogens with zero attached hydrogens (tertiary/aromatic N) is 1. The van der Waals surface area contributed by atoms with Gasteiger partial charge in [0.1, 0.15) is 5.75 Å². The summed E-state index contributed by atoms with van der Waals surface area (Å²) in [6.07, 6.45) is 2.65. The zero-order valence-corrected chi connectivity index (χ0v) is 16.0. The zero-order chi connectivity index (χ0) is 15.1. The van der Waals surface area contributed by atoms with E-state index in [0.717, 1.165) is 36.9 Å². The van der Waals surface area contributed by atoms with Gasteiger partial charge in [-0.25, -0.2) is 0 Å². The summed E-state index contributed by atoms with van der Waals surface area (Å²) in [5.41, 5.74) is 2.43. The molecule has 1 N–H and O–H groups in total. The third-order valence-electron chi connectivity index (χ3n) is 4.07. The largest absolute Gasteiger partial charge is 0.496 e. The highest BCUT2D eigenvalue weighted by Gasteiger charge is 2.15. The third kappa shape index (κ3) is 7.27. The molecule has 0 aliphatic carbocycles. The lowest BCUT2D eigenvalue weighted by molar-refractivity contribution is 0.181. The fraction of sp³-hybridized carbons (Fsp3) is 0.647. The molecule has 23 heavy (non-hydrogen) atoms. The maximum absolute atomic E-state index is 5.38. The van der Waals surface area contributed by atoms with Crippen molar-refractivity contribution in [2.24, 2.45) is 5.92 Å². The summed E-state index contributed by atoms with van der Waals surface area (Å²) in [5.74, 6) is 1.68. The molecule has 1 heterocycles. The van der Waals surface area contributed by atoms with Crippen molar-refractivity contribution in [3.8, 4) is 5.75 Å². The summed E-state index contributed by atoms with van der Waals surface area (Å²) < 4.78 is 10.6. The van der Waals surface area contributed by atoms with E-state index in [1.807, 2.05) is 6.07 Å². The molecule has 1 aromatic rings. The molecule has 6 heteroatoms. The SMILES string of the molecule is COCc1cc(CN(C)CC2CCCNC2)ccc1OC.Cl.Cl. The van der Waals surface area contributed by atoms with Crippen LogP contribution in [0.5, 0.6) is 5.75 Å². The molecule has 0 amide bonds. The first-order valence-electron chi connectivity index (χ1n) is 7.77. The number of rotatable bonds is 7. The number of benzene rings is 1. The van der Waals surface area contributed by atoms with Crippen molar-refractivity contribution in [2.45, 2.75) is 26.0 Å². The fourth-order valence-corrected chi connectivity index (χ4v) is 3.10. The van der Waals surface area contributed by atoms with Crippen LogP contribution in [0.1, 0.15) is 24.0 Å². The third-order valence-corrected chi connectivity index (χ3v) is 4.07. The molecule has 0 bridgehead atoms. The van der Waals surface area contributed by atoms with E-state index in [1.54, 1.807) is 14.2 Å². The Morgan fingerprint density at radius 1 is 1.26 bits per heavy atom. The van der Waals surface area contributed by atoms with Gasteiger partial charge in [-0.2, -0.15) is 0 Å². The Labute approximate surface area is 152 Å². The number of nitrogens with one attached hydrogen (secondary N) is 1. The van der Waals surface area contributed by atoms with Gasteiger partial charge in [0.2, 0.25) is 0 Å². The van der Waals surface area contributed by atoms with Gasteiger partial charge in [-0.3, -0.25) is 0 Å². The topological polar surface area (TPSA) is 33.7 Å². The van der Waals surface area contributed by atoms with Gasteiger partial charge in [0.05, 0.1) is 13.7 Å². The van der Waals surface area contributed by atoms with Crippen molar-refractivity contribution in [3.05, 3.63) is 29.3 Å². The maximum Gasteiger partial charge on any atom is 0.124 e. The molecule has 0 radical (unpaired) electrons. The quantitative estimate of drug-likeness (QED) is 0.805. The average molecular weight is 365 g/mol. The van der Waals surface area contributed by atoms with Crippen molar-refractivity contribution >= 4 is 24.8 Å². The van der Waals surface area contributed by atoms with Gasteiger partial charge >= 0.3 is 0 Å². The molecule has 1 aliphatic heterocycles. The molecular formula is C17H30Cl2N2O2. The van der Waals surface area contributed by atoms with Crippen molar-refractivity contribution in [1.29, 1.82) is 0 Å². The minimum atomic E-state index is 0. The molecular weight excluding hydrogens is 335 g/mol. The molecule has 1 atom stereocenters. The first-order chi connectivity index (χ1) is 10.2. The Balaban J connectivity index is 0.00000242. The molecule has 1 aromatic carbocycles. The molecule has 134 valence electrons. The zero-order valence-electron chi connectivity index (χ0n) is 14.3. The van der Waals surface area contributed by atoms with E-state index in [0.29, 0.717) is 6.61 Å². The second-order valence-electron chi connectivity index (χ2n) is 5.99. The predicted octanol–water partition coefficient (Wildman–Crippen LogP) is 3.12.